The molecular weight excluding hydrogens is 281 g/mol. The van der Waals surface area contributed by atoms with E-state index in [-0.39, 0.29) is 5.91 Å². The van der Waals surface area contributed by atoms with Gasteiger partial charge >= 0.3 is 0 Å². The zero-order valence-corrected chi connectivity index (χ0v) is 11.9. The highest BCUT2D eigenvalue weighted by atomic mass is 35.5. The molecule has 2 nitrogen and oxygen atoms in total. The lowest BCUT2D eigenvalue weighted by molar-refractivity contribution is 0.102. The summed E-state index contributed by atoms with van der Waals surface area (Å²) in [6.07, 6.45) is 0. The van der Waals surface area contributed by atoms with E-state index in [0.717, 1.165) is 16.8 Å². The highest BCUT2D eigenvalue weighted by Crippen LogP contribution is 2.18. The van der Waals surface area contributed by atoms with Crippen molar-refractivity contribution < 1.29 is 4.79 Å². The number of anilines is 1. The number of rotatable bonds is 3. The van der Waals surface area contributed by atoms with Gasteiger partial charge in [0.1, 0.15) is 0 Å². The van der Waals surface area contributed by atoms with Gasteiger partial charge in [0.2, 0.25) is 0 Å². The van der Waals surface area contributed by atoms with Gasteiger partial charge in [0, 0.05) is 22.2 Å². The number of hydrogen-bond donors (Lipinski definition) is 1. The monoisotopic (exact) mass is 293 g/mol. The summed E-state index contributed by atoms with van der Waals surface area (Å²) < 4.78 is 0. The Morgan fingerprint density at radius 2 is 2.00 bits per heavy atom. The minimum atomic E-state index is -0.152. The van der Waals surface area contributed by atoms with Crippen LogP contribution in [0.2, 0.25) is 5.02 Å². The number of halogens is 2. The normalized spacial score (nSPS) is 10.3. The number of amides is 1. The summed E-state index contributed by atoms with van der Waals surface area (Å²) in [6.45, 7) is 1.86. The smallest absolute Gasteiger partial charge is 0.255 e. The Morgan fingerprint density at radius 3 is 2.68 bits per heavy atom. The Morgan fingerprint density at radius 1 is 1.21 bits per heavy atom. The fraction of sp³-hybridized carbons (Fsp3) is 0.133. The van der Waals surface area contributed by atoms with E-state index in [4.69, 9.17) is 23.2 Å². The van der Waals surface area contributed by atoms with E-state index < -0.39 is 0 Å². The summed E-state index contributed by atoms with van der Waals surface area (Å²) in [5.74, 6) is 0.268. The minimum absolute atomic E-state index is 0.152. The first-order chi connectivity index (χ1) is 9.10. The maximum atomic E-state index is 12.2. The van der Waals surface area contributed by atoms with Crippen molar-refractivity contribution in [2.24, 2.45) is 0 Å². The van der Waals surface area contributed by atoms with Gasteiger partial charge in [-0.2, -0.15) is 0 Å². The predicted octanol–water partition coefficient (Wildman–Crippen LogP) is 4.64. The summed E-state index contributed by atoms with van der Waals surface area (Å²) >= 11 is 11.6. The van der Waals surface area contributed by atoms with Gasteiger partial charge in [-0.05, 0) is 48.4 Å². The van der Waals surface area contributed by atoms with Crippen LogP contribution in [0, 0.1) is 6.92 Å². The van der Waals surface area contributed by atoms with Crippen LogP contribution in [0.5, 0.6) is 0 Å². The molecule has 98 valence electrons. The molecule has 1 amide bonds. The number of aryl methyl sites for hydroxylation is 1. The third kappa shape index (κ3) is 3.49. The summed E-state index contributed by atoms with van der Waals surface area (Å²) in [5.41, 5.74) is 3.16. The van der Waals surface area contributed by atoms with Gasteiger partial charge in [-0.25, -0.2) is 0 Å². The standard InChI is InChI=1S/C15H13Cl2NO/c1-10-7-12(17)5-6-14(10)15(19)18-13-4-2-3-11(8-13)9-16/h2-8H,9H2,1H3,(H,18,19). The molecular formula is C15H13Cl2NO. The molecule has 0 unspecified atom stereocenters. The van der Waals surface area contributed by atoms with Crippen molar-refractivity contribution in [2.45, 2.75) is 12.8 Å². The molecule has 19 heavy (non-hydrogen) atoms. The fourth-order valence-corrected chi connectivity index (χ4v) is 2.21. The van der Waals surface area contributed by atoms with Gasteiger partial charge in [-0.15, -0.1) is 11.6 Å². The summed E-state index contributed by atoms with van der Waals surface area (Å²) in [5, 5.41) is 3.48. The summed E-state index contributed by atoms with van der Waals surface area (Å²) in [6, 6.07) is 12.7. The molecule has 2 aromatic carbocycles. The van der Waals surface area contributed by atoms with Crippen molar-refractivity contribution in [1.29, 1.82) is 0 Å². The third-order valence-corrected chi connectivity index (χ3v) is 3.32. The largest absolute Gasteiger partial charge is 0.322 e. The van der Waals surface area contributed by atoms with Gasteiger partial charge in [0.25, 0.3) is 5.91 Å². The lowest BCUT2D eigenvalue weighted by Gasteiger charge is -2.08. The maximum absolute atomic E-state index is 12.2. The molecule has 4 heteroatoms. The van der Waals surface area contributed by atoms with Crippen molar-refractivity contribution in [2.75, 3.05) is 5.32 Å². The van der Waals surface area contributed by atoms with Crippen molar-refractivity contribution in [3.8, 4) is 0 Å². The average molecular weight is 294 g/mol. The molecule has 0 radical (unpaired) electrons. The average Bonchev–Trinajstić information content (AvgIpc) is 2.38. The SMILES string of the molecule is Cc1cc(Cl)ccc1C(=O)Nc1cccc(CCl)c1. The second-order valence-corrected chi connectivity index (χ2v) is 4.95. The number of carbonyl (C=O) groups is 1. The predicted molar refractivity (Wildman–Crippen MR) is 80.1 cm³/mol. The van der Waals surface area contributed by atoms with E-state index in [9.17, 15) is 4.79 Å². The van der Waals surface area contributed by atoms with Crippen LogP contribution in [-0.2, 0) is 5.88 Å². The quantitative estimate of drug-likeness (QED) is 0.821. The molecule has 0 heterocycles. The van der Waals surface area contributed by atoms with E-state index in [1.807, 2.05) is 31.2 Å². The Bertz CT molecular complexity index is 611. The number of alkyl halides is 1. The molecule has 0 spiro atoms. The number of hydrogen-bond acceptors (Lipinski definition) is 1. The van der Waals surface area contributed by atoms with Gasteiger partial charge in [0.15, 0.2) is 0 Å². The first kappa shape index (κ1) is 13.9. The lowest BCUT2D eigenvalue weighted by Crippen LogP contribution is -2.13. The van der Waals surface area contributed by atoms with Crippen molar-refractivity contribution >= 4 is 34.8 Å². The summed E-state index contributed by atoms with van der Waals surface area (Å²) in [7, 11) is 0. The van der Waals surface area contributed by atoms with Crippen LogP contribution in [-0.4, -0.2) is 5.91 Å². The molecule has 0 aliphatic rings. The first-order valence-corrected chi connectivity index (χ1v) is 6.74. The van der Waals surface area contributed by atoms with E-state index >= 15 is 0 Å². The minimum Gasteiger partial charge on any atom is -0.322 e. The third-order valence-electron chi connectivity index (χ3n) is 2.77. The molecule has 2 aromatic rings. The fourth-order valence-electron chi connectivity index (χ4n) is 1.81. The summed E-state index contributed by atoms with van der Waals surface area (Å²) in [4.78, 5) is 12.2. The van der Waals surface area contributed by atoms with Gasteiger partial charge < -0.3 is 5.32 Å². The second kappa shape index (κ2) is 6.09. The van der Waals surface area contributed by atoms with Gasteiger partial charge in [-0.3, -0.25) is 4.79 Å². The van der Waals surface area contributed by atoms with Crippen molar-refractivity contribution in [3.05, 3.63) is 64.2 Å². The Kier molecular flexibility index (Phi) is 4.46. The number of carbonyl (C=O) groups excluding carboxylic acids is 1. The van der Waals surface area contributed by atoms with Crippen LogP contribution < -0.4 is 5.32 Å². The maximum Gasteiger partial charge on any atom is 0.255 e. The second-order valence-electron chi connectivity index (χ2n) is 4.25. The van der Waals surface area contributed by atoms with Gasteiger partial charge in [-0.1, -0.05) is 23.7 Å². The molecule has 0 aliphatic carbocycles. The highest BCUT2D eigenvalue weighted by molar-refractivity contribution is 6.30. The van der Waals surface area contributed by atoms with Crippen molar-refractivity contribution in [1.82, 2.24) is 0 Å². The molecule has 0 bridgehead atoms. The lowest BCUT2D eigenvalue weighted by atomic mass is 10.1. The molecule has 1 N–H and O–H groups in total. The van der Waals surface area contributed by atoms with Crippen LogP contribution in [0.25, 0.3) is 0 Å². The molecule has 0 aliphatic heterocycles. The molecule has 0 atom stereocenters. The first-order valence-electron chi connectivity index (χ1n) is 5.82. The zero-order chi connectivity index (χ0) is 13.8. The van der Waals surface area contributed by atoms with Crippen molar-refractivity contribution in [3.63, 3.8) is 0 Å². The molecule has 0 saturated carbocycles. The van der Waals surface area contributed by atoms with Crippen LogP contribution in [0.1, 0.15) is 21.5 Å². The van der Waals surface area contributed by atoms with E-state index in [1.54, 1.807) is 18.2 Å². The van der Waals surface area contributed by atoms with Crippen LogP contribution >= 0.6 is 23.2 Å². The Balaban J connectivity index is 2.20. The number of benzene rings is 2. The van der Waals surface area contributed by atoms with E-state index in [0.29, 0.717) is 16.5 Å². The molecule has 2 rings (SSSR count). The van der Waals surface area contributed by atoms with Crippen LogP contribution in [0.15, 0.2) is 42.5 Å². The number of nitrogens with one attached hydrogen (secondary N) is 1. The van der Waals surface area contributed by atoms with E-state index in [1.165, 1.54) is 0 Å². The van der Waals surface area contributed by atoms with Crippen LogP contribution in [0.4, 0.5) is 5.69 Å². The molecule has 0 saturated heterocycles. The molecule has 0 aromatic heterocycles. The highest BCUT2D eigenvalue weighted by Gasteiger charge is 2.09. The van der Waals surface area contributed by atoms with Gasteiger partial charge in [0.05, 0.1) is 0 Å². The Hall–Kier alpha value is -1.51. The molecule has 0 fully saturated rings. The van der Waals surface area contributed by atoms with Crippen LogP contribution in [0.3, 0.4) is 0 Å². The van der Waals surface area contributed by atoms with E-state index in [2.05, 4.69) is 5.32 Å². The Labute approximate surface area is 122 Å². The topological polar surface area (TPSA) is 29.1 Å². The zero-order valence-electron chi connectivity index (χ0n) is 10.4.